The fraction of sp³-hybridized carbons (Fsp3) is 0.591. The van der Waals surface area contributed by atoms with Gasteiger partial charge in [0.1, 0.15) is 5.82 Å². The Morgan fingerprint density at radius 2 is 1.93 bits per heavy atom. The van der Waals surface area contributed by atoms with E-state index in [-0.39, 0.29) is 5.91 Å². The Morgan fingerprint density at radius 3 is 2.76 bits per heavy atom. The van der Waals surface area contributed by atoms with Crippen LogP contribution in [-0.4, -0.2) is 63.2 Å². The molecule has 1 N–H and O–H groups in total. The first-order chi connectivity index (χ1) is 14.3. The molecule has 4 heterocycles. The van der Waals surface area contributed by atoms with Crippen molar-refractivity contribution in [3.8, 4) is 0 Å². The van der Waals surface area contributed by atoms with Gasteiger partial charge in [-0.3, -0.25) is 9.69 Å². The molecule has 0 radical (unpaired) electrons. The van der Waals surface area contributed by atoms with Gasteiger partial charge in [-0.15, -0.1) is 10.2 Å². The van der Waals surface area contributed by atoms with Gasteiger partial charge >= 0.3 is 0 Å². The minimum Gasteiger partial charge on any atom is -0.329 e. The highest BCUT2D eigenvalue weighted by Gasteiger charge is 2.29. The van der Waals surface area contributed by atoms with Crippen LogP contribution in [0.25, 0.3) is 0 Å². The third kappa shape index (κ3) is 3.81. The zero-order chi connectivity index (χ0) is 19.6. The highest BCUT2D eigenvalue weighted by Crippen LogP contribution is 2.25. The standard InChI is InChI=1S/C22H30N6O/c29-22(19-8-2-1-6-18(19)15-26-10-3-4-11-26)27-12-13-28-20(16-27)24-25-21(28)17-7-5-9-23-14-17/h1-2,6,8,17,23H,3-5,7,9-16H2/t17-/m0/s1. The predicted molar refractivity (Wildman–Crippen MR) is 111 cm³/mol. The number of nitrogens with zero attached hydrogens (tertiary/aromatic N) is 5. The average molecular weight is 395 g/mol. The van der Waals surface area contributed by atoms with Gasteiger partial charge in [0.15, 0.2) is 5.82 Å². The molecule has 7 heteroatoms. The lowest BCUT2D eigenvalue weighted by molar-refractivity contribution is 0.0703. The summed E-state index contributed by atoms with van der Waals surface area (Å²) in [5.41, 5.74) is 1.98. The summed E-state index contributed by atoms with van der Waals surface area (Å²) in [4.78, 5) is 17.7. The number of fused-ring (bicyclic) bond motifs is 1. The molecule has 0 bridgehead atoms. The zero-order valence-corrected chi connectivity index (χ0v) is 17.0. The molecule has 2 saturated heterocycles. The number of nitrogens with one attached hydrogen (secondary N) is 1. The lowest BCUT2D eigenvalue weighted by Crippen LogP contribution is -2.40. The monoisotopic (exact) mass is 394 g/mol. The molecule has 0 aliphatic carbocycles. The molecule has 5 rings (SSSR count). The Morgan fingerprint density at radius 1 is 1.07 bits per heavy atom. The average Bonchev–Trinajstić information content (AvgIpc) is 3.43. The van der Waals surface area contributed by atoms with E-state index in [2.05, 4.69) is 31.0 Å². The van der Waals surface area contributed by atoms with Crippen molar-refractivity contribution in [2.45, 2.75) is 51.2 Å². The number of hydrogen-bond acceptors (Lipinski definition) is 5. The SMILES string of the molecule is O=C(c1ccccc1CN1CCCC1)N1CCn2c(nnc2[C@H]2CCCNC2)C1. The van der Waals surface area contributed by atoms with E-state index in [9.17, 15) is 4.79 Å². The Bertz CT molecular complexity index is 866. The summed E-state index contributed by atoms with van der Waals surface area (Å²) in [7, 11) is 0. The van der Waals surface area contributed by atoms with E-state index < -0.39 is 0 Å². The smallest absolute Gasteiger partial charge is 0.254 e. The van der Waals surface area contributed by atoms with Crippen molar-refractivity contribution in [1.82, 2.24) is 29.9 Å². The topological polar surface area (TPSA) is 66.3 Å². The molecular weight excluding hydrogens is 364 g/mol. The van der Waals surface area contributed by atoms with Crippen molar-refractivity contribution in [3.63, 3.8) is 0 Å². The van der Waals surface area contributed by atoms with E-state index in [4.69, 9.17) is 0 Å². The summed E-state index contributed by atoms with van der Waals surface area (Å²) in [6.07, 6.45) is 4.87. The maximum absolute atomic E-state index is 13.4. The second-order valence-electron chi connectivity index (χ2n) is 8.54. The van der Waals surface area contributed by atoms with E-state index in [1.807, 2.05) is 23.1 Å². The van der Waals surface area contributed by atoms with Crippen LogP contribution in [-0.2, 0) is 19.6 Å². The molecule has 1 aromatic carbocycles. The summed E-state index contributed by atoms with van der Waals surface area (Å²) in [5, 5.41) is 12.4. The van der Waals surface area contributed by atoms with Crippen molar-refractivity contribution in [2.75, 3.05) is 32.7 Å². The number of likely N-dealkylation sites (tertiary alicyclic amines) is 1. The first-order valence-corrected chi connectivity index (χ1v) is 11.0. The lowest BCUT2D eigenvalue weighted by Gasteiger charge is -2.30. The van der Waals surface area contributed by atoms with Gasteiger partial charge in [-0.25, -0.2) is 0 Å². The van der Waals surface area contributed by atoms with Gasteiger partial charge in [-0.05, 0) is 56.9 Å². The molecule has 1 aromatic heterocycles. The van der Waals surface area contributed by atoms with Crippen LogP contribution in [0.5, 0.6) is 0 Å². The van der Waals surface area contributed by atoms with Crippen LogP contribution in [0.1, 0.15) is 59.2 Å². The number of rotatable bonds is 4. The maximum atomic E-state index is 13.4. The maximum Gasteiger partial charge on any atom is 0.254 e. The van der Waals surface area contributed by atoms with E-state index in [0.29, 0.717) is 12.5 Å². The number of piperidine rings is 1. The number of carbonyl (C=O) groups excluding carboxylic acids is 1. The number of aromatic nitrogens is 3. The fourth-order valence-electron chi connectivity index (χ4n) is 4.95. The van der Waals surface area contributed by atoms with Crippen molar-refractivity contribution < 1.29 is 4.79 Å². The van der Waals surface area contributed by atoms with Crippen LogP contribution in [0.4, 0.5) is 0 Å². The van der Waals surface area contributed by atoms with Gasteiger partial charge in [0.05, 0.1) is 6.54 Å². The highest BCUT2D eigenvalue weighted by atomic mass is 16.2. The first kappa shape index (κ1) is 18.8. The predicted octanol–water partition coefficient (Wildman–Crippen LogP) is 2.00. The zero-order valence-electron chi connectivity index (χ0n) is 17.0. The molecule has 7 nitrogen and oxygen atoms in total. The summed E-state index contributed by atoms with van der Waals surface area (Å²) in [5.74, 6) is 2.57. The van der Waals surface area contributed by atoms with Crippen LogP contribution in [0, 0.1) is 0 Å². The van der Waals surface area contributed by atoms with Gasteiger partial charge in [0.2, 0.25) is 0 Å². The number of hydrogen-bond donors (Lipinski definition) is 1. The van der Waals surface area contributed by atoms with Gasteiger partial charge in [0.25, 0.3) is 5.91 Å². The molecule has 154 valence electrons. The van der Waals surface area contributed by atoms with E-state index in [0.717, 1.165) is 75.0 Å². The molecule has 29 heavy (non-hydrogen) atoms. The second kappa shape index (κ2) is 8.24. The van der Waals surface area contributed by atoms with E-state index in [1.165, 1.54) is 19.3 Å². The summed E-state index contributed by atoms with van der Waals surface area (Å²) >= 11 is 0. The normalized spacial score (nSPS) is 22.6. The quantitative estimate of drug-likeness (QED) is 0.859. The molecule has 2 aromatic rings. The van der Waals surface area contributed by atoms with Crippen LogP contribution >= 0.6 is 0 Å². The molecule has 2 fully saturated rings. The van der Waals surface area contributed by atoms with E-state index in [1.54, 1.807) is 0 Å². The number of carbonyl (C=O) groups is 1. The lowest BCUT2D eigenvalue weighted by atomic mass is 9.98. The van der Waals surface area contributed by atoms with Crippen LogP contribution in [0.2, 0.25) is 0 Å². The van der Waals surface area contributed by atoms with Gasteiger partial charge in [-0.2, -0.15) is 0 Å². The van der Waals surface area contributed by atoms with Crippen LogP contribution < -0.4 is 5.32 Å². The fourth-order valence-corrected chi connectivity index (χ4v) is 4.95. The Balaban J connectivity index is 1.32. The van der Waals surface area contributed by atoms with Gasteiger partial charge in [-0.1, -0.05) is 18.2 Å². The third-order valence-corrected chi connectivity index (χ3v) is 6.57. The van der Waals surface area contributed by atoms with Crippen molar-refractivity contribution >= 4 is 5.91 Å². The Kier molecular flexibility index (Phi) is 5.33. The first-order valence-electron chi connectivity index (χ1n) is 11.0. The number of benzene rings is 1. The largest absolute Gasteiger partial charge is 0.329 e. The molecule has 1 atom stereocenters. The Labute approximate surface area is 172 Å². The van der Waals surface area contributed by atoms with Crippen molar-refractivity contribution in [3.05, 3.63) is 47.0 Å². The van der Waals surface area contributed by atoms with E-state index >= 15 is 0 Å². The molecule has 0 saturated carbocycles. The Hall–Kier alpha value is -2.25. The molecule has 0 unspecified atom stereocenters. The molecular formula is C22H30N6O. The van der Waals surface area contributed by atoms with Crippen molar-refractivity contribution in [1.29, 1.82) is 0 Å². The van der Waals surface area contributed by atoms with Gasteiger partial charge < -0.3 is 14.8 Å². The summed E-state index contributed by atoms with van der Waals surface area (Å²) in [6, 6.07) is 8.10. The minimum absolute atomic E-state index is 0.120. The van der Waals surface area contributed by atoms with Gasteiger partial charge in [0, 0.05) is 37.7 Å². The second-order valence-corrected chi connectivity index (χ2v) is 8.54. The molecule has 3 aliphatic rings. The minimum atomic E-state index is 0.120. The molecule has 3 aliphatic heterocycles. The molecule has 0 spiro atoms. The summed E-state index contributed by atoms with van der Waals surface area (Å²) < 4.78 is 2.25. The summed E-state index contributed by atoms with van der Waals surface area (Å²) in [6.45, 7) is 7.25. The highest BCUT2D eigenvalue weighted by molar-refractivity contribution is 5.95. The molecule has 1 amide bonds. The van der Waals surface area contributed by atoms with Crippen molar-refractivity contribution in [2.24, 2.45) is 0 Å². The number of amides is 1. The van der Waals surface area contributed by atoms with Crippen LogP contribution in [0.15, 0.2) is 24.3 Å². The van der Waals surface area contributed by atoms with Crippen LogP contribution in [0.3, 0.4) is 0 Å². The third-order valence-electron chi connectivity index (χ3n) is 6.57.